The van der Waals surface area contributed by atoms with Gasteiger partial charge in [-0.15, -0.1) is 0 Å². The average Bonchev–Trinajstić information content (AvgIpc) is 2.47. The highest BCUT2D eigenvalue weighted by Gasteiger charge is 2.39. The second kappa shape index (κ2) is 6.76. The fraction of sp³-hybridized carbons (Fsp3) is 0.200. The van der Waals surface area contributed by atoms with Crippen LogP contribution in [0.1, 0.15) is 16.7 Å². The van der Waals surface area contributed by atoms with Crippen molar-refractivity contribution in [2.75, 3.05) is 4.72 Å². The minimum absolute atomic E-state index is 0.0895. The maximum Gasteiger partial charge on any atom is 0.417 e. The van der Waals surface area contributed by atoms with Gasteiger partial charge in [-0.1, -0.05) is 17.7 Å². The minimum atomic E-state index is -5.12. The summed E-state index contributed by atoms with van der Waals surface area (Å²) >= 11 is 2.54. The molecular weight excluding hydrogens is 452 g/mol. The van der Waals surface area contributed by atoms with E-state index in [0.29, 0.717) is 6.07 Å². The first kappa shape index (κ1) is 20.6. The van der Waals surface area contributed by atoms with Gasteiger partial charge in [0.25, 0.3) is 10.0 Å². The van der Waals surface area contributed by atoms with Crippen LogP contribution in [0.15, 0.2) is 45.8 Å². The summed E-state index contributed by atoms with van der Waals surface area (Å²) in [5.74, 6) is 0. The Balaban J connectivity index is 2.60. The zero-order chi connectivity index (χ0) is 19.9. The zero-order valence-electron chi connectivity index (χ0n) is 12.8. The molecule has 1 N–H and O–H groups in total. The lowest BCUT2D eigenvalue weighted by molar-refractivity contribution is -0.143. The molecule has 0 aliphatic carbocycles. The summed E-state index contributed by atoms with van der Waals surface area (Å²) in [6.07, 6.45) is -10.2. The number of nitrogens with one attached hydrogen (secondary N) is 1. The molecule has 3 nitrogen and oxygen atoms in total. The number of hydrogen-bond acceptors (Lipinski definition) is 2. The summed E-state index contributed by atoms with van der Waals surface area (Å²) in [4.78, 5) is -0.305. The van der Waals surface area contributed by atoms with Gasteiger partial charge in [0.05, 0.1) is 26.2 Å². The van der Waals surface area contributed by atoms with E-state index >= 15 is 0 Å². The highest BCUT2D eigenvalue weighted by molar-refractivity contribution is 9.10. The van der Waals surface area contributed by atoms with E-state index in [4.69, 9.17) is 0 Å². The number of anilines is 1. The average molecular weight is 462 g/mol. The van der Waals surface area contributed by atoms with Crippen LogP contribution in [0.5, 0.6) is 0 Å². The second-order valence-electron chi connectivity index (χ2n) is 5.30. The molecule has 2 aromatic rings. The first-order chi connectivity index (χ1) is 11.7. The predicted molar refractivity (Wildman–Crippen MR) is 86.1 cm³/mol. The zero-order valence-corrected chi connectivity index (χ0v) is 15.2. The Morgan fingerprint density at radius 3 is 1.92 bits per heavy atom. The van der Waals surface area contributed by atoms with E-state index in [9.17, 15) is 34.8 Å². The Bertz CT molecular complexity index is 921. The van der Waals surface area contributed by atoms with Gasteiger partial charge in [-0.3, -0.25) is 4.72 Å². The first-order valence-corrected chi connectivity index (χ1v) is 9.07. The van der Waals surface area contributed by atoms with Gasteiger partial charge < -0.3 is 0 Å². The quantitative estimate of drug-likeness (QED) is 0.605. The largest absolute Gasteiger partial charge is 0.417 e. The monoisotopic (exact) mass is 461 g/mol. The lowest BCUT2D eigenvalue weighted by atomic mass is 10.1. The Hall–Kier alpha value is -1.75. The van der Waals surface area contributed by atoms with Gasteiger partial charge >= 0.3 is 12.4 Å². The normalized spacial score (nSPS) is 12.9. The maximum atomic E-state index is 13.0. The summed E-state index contributed by atoms with van der Waals surface area (Å²) in [7, 11) is -4.39. The molecule has 2 rings (SSSR count). The molecule has 0 amide bonds. The molecule has 0 saturated carbocycles. The lowest BCUT2D eigenvalue weighted by Gasteiger charge is -2.18. The van der Waals surface area contributed by atoms with Gasteiger partial charge in [0.2, 0.25) is 0 Å². The summed E-state index contributed by atoms with van der Waals surface area (Å²) in [5, 5.41) is 0. The Morgan fingerprint density at radius 2 is 1.46 bits per heavy atom. The smallest absolute Gasteiger partial charge is 0.278 e. The SMILES string of the molecule is Cc1ccc(S(=O)(=O)Nc2cc(C(F)(F)F)cc(C(F)(F)F)c2Br)cc1. The number of rotatable bonds is 3. The molecule has 0 aromatic heterocycles. The van der Waals surface area contributed by atoms with Crippen molar-refractivity contribution in [3.05, 3.63) is 57.6 Å². The van der Waals surface area contributed by atoms with Crippen LogP contribution in [0.25, 0.3) is 0 Å². The highest BCUT2D eigenvalue weighted by Crippen LogP contribution is 2.43. The number of halogens is 7. The van der Waals surface area contributed by atoms with Crippen molar-refractivity contribution < 1.29 is 34.8 Å². The third-order valence-corrected chi connectivity index (χ3v) is 5.52. The highest BCUT2D eigenvalue weighted by atomic mass is 79.9. The van der Waals surface area contributed by atoms with Crippen LogP contribution in [-0.4, -0.2) is 8.42 Å². The van der Waals surface area contributed by atoms with E-state index in [1.807, 2.05) is 0 Å². The molecular formula is C15H10BrF6NO2S. The molecule has 0 heterocycles. The molecule has 2 aromatic carbocycles. The molecule has 0 aliphatic heterocycles. The van der Waals surface area contributed by atoms with Gasteiger partial charge in [-0.05, 0) is 47.1 Å². The maximum absolute atomic E-state index is 13.0. The van der Waals surface area contributed by atoms with Crippen LogP contribution >= 0.6 is 15.9 Å². The standard InChI is InChI=1S/C15H10BrF6NO2S/c1-8-2-4-10(5-3-8)26(24,25)23-12-7-9(14(17,18)19)6-11(13(12)16)15(20,21)22/h2-7,23H,1H3. The van der Waals surface area contributed by atoms with E-state index in [1.54, 1.807) is 11.6 Å². The topological polar surface area (TPSA) is 46.2 Å². The summed E-state index contributed by atoms with van der Waals surface area (Å²) in [6.45, 7) is 1.68. The van der Waals surface area contributed by atoms with Crippen LogP contribution in [-0.2, 0) is 22.4 Å². The van der Waals surface area contributed by atoms with Crippen LogP contribution in [0.4, 0.5) is 32.0 Å². The molecule has 0 fully saturated rings. The van der Waals surface area contributed by atoms with Crippen LogP contribution < -0.4 is 4.72 Å². The molecule has 11 heteroatoms. The third kappa shape index (κ3) is 4.50. The molecule has 0 radical (unpaired) electrons. The lowest BCUT2D eigenvalue weighted by Crippen LogP contribution is -2.17. The van der Waals surface area contributed by atoms with E-state index in [2.05, 4.69) is 15.9 Å². The van der Waals surface area contributed by atoms with Crippen molar-refractivity contribution in [1.82, 2.24) is 0 Å². The number of hydrogen-bond donors (Lipinski definition) is 1. The summed E-state index contributed by atoms with van der Waals surface area (Å²) in [5.41, 5.74) is -3.42. The molecule has 0 atom stereocenters. The summed E-state index contributed by atoms with van der Waals surface area (Å²) in [6, 6.07) is 5.46. The van der Waals surface area contributed by atoms with E-state index in [1.165, 1.54) is 24.3 Å². The number of aryl methyl sites for hydroxylation is 1. The van der Waals surface area contributed by atoms with Crippen molar-refractivity contribution in [1.29, 1.82) is 0 Å². The van der Waals surface area contributed by atoms with E-state index in [-0.39, 0.29) is 11.0 Å². The van der Waals surface area contributed by atoms with Crippen LogP contribution in [0, 0.1) is 6.92 Å². The second-order valence-corrected chi connectivity index (χ2v) is 7.77. The minimum Gasteiger partial charge on any atom is -0.278 e. The Morgan fingerprint density at radius 1 is 0.923 bits per heavy atom. The fourth-order valence-electron chi connectivity index (χ4n) is 1.99. The number of sulfonamides is 1. The van der Waals surface area contributed by atoms with Gasteiger partial charge in [0.1, 0.15) is 0 Å². The summed E-state index contributed by atoms with van der Waals surface area (Å²) < 4.78 is 103. The van der Waals surface area contributed by atoms with Crippen LogP contribution in [0.3, 0.4) is 0 Å². The molecule has 0 saturated heterocycles. The van der Waals surface area contributed by atoms with Gasteiger partial charge in [0, 0.05) is 0 Å². The molecule has 0 unspecified atom stereocenters. The van der Waals surface area contributed by atoms with Crippen molar-refractivity contribution in [2.45, 2.75) is 24.2 Å². The Labute approximate surface area is 153 Å². The van der Waals surface area contributed by atoms with E-state index in [0.717, 1.165) is 5.56 Å². The van der Waals surface area contributed by atoms with Crippen LogP contribution in [0.2, 0.25) is 0 Å². The van der Waals surface area contributed by atoms with Crippen molar-refractivity contribution in [3.8, 4) is 0 Å². The van der Waals surface area contributed by atoms with Gasteiger partial charge in [-0.2, -0.15) is 26.3 Å². The third-order valence-electron chi connectivity index (χ3n) is 3.28. The van der Waals surface area contributed by atoms with Crippen molar-refractivity contribution >= 4 is 31.6 Å². The number of benzene rings is 2. The Kier molecular flexibility index (Phi) is 5.35. The number of alkyl halides is 6. The molecule has 142 valence electrons. The van der Waals surface area contributed by atoms with Crippen molar-refractivity contribution in [3.63, 3.8) is 0 Å². The molecule has 0 aliphatic rings. The molecule has 0 spiro atoms. The van der Waals surface area contributed by atoms with Crippen molar-refractivity contribution in [2.24, 2.45) is 0 Å². The van der Waals surface area contributed by atoms with E-state index < -0.39 is 43.7 Å². The molecule has 26 heavy (non-hydrogen) atoms. The first-order valence-electron chi connectivity index (χ1n) is 6.79. The van der Waals surface area contributed by atoms with Gasteiger partial charge in [-0.25, -0.2) is 8.42 Å². The van der Waals surface area contributed by atoms with Gasteiger partial charge in [0.15, 0.2) is 0 Å². The predicted octanol–water partition coefficient (Wildman–Crippen LogP) is 5.60. The molecule has 0 bridgehead atoms. The fourth-order valence-corrected chi connectivity index (χ4v) is 3.74.